The summed E-state index contributed by atoms with van der Waals surface area (Å²) in [5.41, 5.74) is 0.448. The van der Waals surface area contributed by atoms with Crippen LogP contribution < -0.4 is 5.32 Å². The first-order valence-corrected chi connectivity index (χ1v) is 5.82. The van der Waals surface area contributed by atoms with E-state index in [1.165, 1.54) is 7.11 Å². The molecule has 1 atom stereocenters. The number of hydrogen-bond donors (Lipinski definition) is 1. The van der Waals surface area contributed by atoms with Gasteiger partial charge in [0.05, 0.1) is 7.11 Å². The first-order chi connectivity index (χ1) is 9.33. The summed E-state index contributed by atoms with van der Waals surface area (Å²) in [6, 6.07) is 1.47. The average molecular weight is 283 g/mol. The summed E-state index contributed by atoms with van der Waals surface area (Å²) in [5, 5.41) is 2.36. The molecule has 0 fully saturated rings. The molecular formula is C14H15F2NO3. The fourth-order valence-electron chi connectivity index (χ4n) is 1.61. The third kappa shape index (κ3) is 4.46. The molecule has 6 heteroatoms. The first kappa shape index (κ1) is 15.8. The van der Waals surface area contributed by atoms with Crippen LogP contribution in [0.1, 0.15) is 23.7 Å². The minimum Gasteiger partial charge on any atom is -0.467 e. The van der Waals surface area contributed by atoms with Crippen molar-refractivity contribution in [2.75, 3.05) is 7.11 Å². The third-order valence-electron chi connectivity index (χ3n) is 2.47. The second-order valence-corrected chi connectivity index (χ2v) is 4.37. The minimum absolute atomic E-state index is 0.177. The highest BCUT2D eigenvalue weighted by Crippen LogP contribution is 2.10. The lowest BCUT2D eigenvalue weighted by atomic mass is 10.1. The number of methoxy groups -OCH3 is 1. The standard InChI is InChI=1S/C14H15F2NO3/c1-8(2)4-12(14(19)20-3)17-13(18)9-5-10(15)7-11(16)6-9/h5-7,12H,1,4H2,2-3H3,(H,17,18)/t12-/m0/s1. The van der Waals surface area contributed by atoms with Crippen LogP contribution in [0.3, 0.4) is 0 Å². The van der Waals surface area contributed by atoms with Crippen LogP contribution in [0.15, 0.2) is 30.4 Å². The van der Waals surface area contributed by atoms with Crippen molar-refractivity contribution in [2.24, 2.45) is 0 Å². The van der Waals surface area contributed by atoms with Gasteiger partial charge in [-0.3, -0.25) is 4.79 Å². The van der Waals surface area contributed by atoms with Gasteiger partial charge in [-0.05, 0) is 25.5 Å². The maximum Gasteiger partial charge on any atom is 0.328 e. The molecule has 108 valence electrons. The molecule has 0 spiro atoms. The zero-order valence-corrected chi connectivity index (χ0v) is 11.2. The van der Waals surface area contributed by atoms with Gasteiger partial charge in [0.25, 0.3) is 5.91 Å². The molecule has 20 heavy (non-hydrogen) atoms. The molecule has 1 amide bonds. The van der Waals surface area contributed by atoms with Gasteiger partial charge in [0.2, 0.25) is 0 Å². The van der Waals surface area contributed by atoms with E-state index < -0.39 is 29.6 Å². The van der Waals surface area contributed by atoms with E-state index in [0.29, 0.717) is 11.6 Å². The average Bonchev–Trinajstić information content (AvgIpc) is 2.35. The number of hydrogen-bond acceptors (Lipinski definition) is 3. The summed E-state index contributed by atoms with van der Waals surface area (Å²) in [4.78, 5) is 23.4. The highest BCUT2D eigenvalue weighted by molar-refractivity contribution is 5.96. The number of carbonyl (C=O) groups is 2. The predicted molar refractivity (Wildman–Crippen MR) is 69.1 cm³/mol. The Morgan fingerprint density at radius 3 is 2.30 bits per heavy atom. The molecule has 0 bridgehead atoms. The molecule has 1 aromatic carbocycles. The fourth-order valence-corrected chi connectivity index (χ4v) is 1.61. The molecule has 0 aromatic heterocycles. The normalized spacial score (nSPS) is 11.6. The molecule has 0 aliphatic heterocycles. The van der Waals surface area contributed by atoms with Crippen molar-refractivity contribution in [1.82, 2.24) is 5.32 Å². The van der Waals surface area contributed by atoms with Gasteiger partial charge in [0.15, 0.2) is 0 Å². The number of esters is 1. The summed E-state index contributed by atoms with van der Waals surface area (Å²) in [6.07, 6.45) is 0.177. The molecule has 0 heterocycles. The molecule has 1 N–H and O–H groups in total. The van der Waals surface area contributed by atoms with Crippen LogP contribution in [0.25, 0.3) is 0 Å². The summed E-state index contributed by atoms with van der Waals surface area (Å²) < 4.78 is 30.6. The van der Waals surface area contributed by atoms with Crippen molar-refractivity contribution < 1.29 is 23.1 Å². The summed E-state index contributed by atoms with van der Waals surface area (Å²) in [7, 11) is 1.18. The number of carbonyl (C=O) groups excluding carboxylic acids is 2. The third-order valence-corrected chi connectivity index (χ3v) is 2.47. The van der Waals surface area contributed by atoms with Gasteiger partial charge in [-0.1, -0.05) is 5.57 Å². The van der Waals surface area contributed by atoms with E-state index in [1.54, 1.807) is 6.92 Å². The maximum atomic E-state index is 13.0. The Morgan fingerprint density at radius 2 is 1.85 bits per heavy atom. The zero-order chi connectivity index (χ0) is 15.3. The lowest BCUT2D eigenvalue weighted by Crippen LogP contribution is -2.41. The van der Waals surface area contributed by atoms with E-state index in [2.05, 4.69) is 16.6 Å². The second-order valence-electron chi connectivity index (χ2n) is 4.37. The SMILES string of the molecule is C=C(C)C[C@H](NC(=O)c1cc(F)cc(F)c1)C(=O)OC. The number of halogens is 2. The van der Waals surface area contributed by atoms with Gasteiger partial charge in [-0.25, -0.2) is 13.6 Å². The van der Waals surface area contributed by atoms with Gasteiger partial charge in [0.1, 0.15) is 17.7 Å². The van der Waals surface area contributed by atoms with Crippen molar-refractivity contribution in [3.05, 3.63) is 47.5 Å². The largest absolute Gasteiger partial charge is 0.467 e. The fraction of sp³-hybridized carbons (Fsp3) is 0.286. The Kier molecular flexibility index (Phi) is 5.37. The highest BCUT2D eigenvalue weighted by Gasteiger charge is 2.22. The molecule has 1 rings (SSSR count). The number of amides is 1. The number of benzene rings is 1. The van der Waals surface area contributed by atoms with Crippen LogP contribution in [0.5, 0.6) is 0 Å². The Bertz CT molecular complexity index is 523. The van der Waals surface area contributed by atoms with Crippen LogP contribution in [-0.4, -0.2) is 25.0 Å². The van der Waals surface area contributed by atoms with Gasteiger partial charge in [-0.15, -0.1) is 6.58 Å². The van der Waals surface area contributed by atoms with Crippen molar-refractivity contribution in [3.8, 4) is 0 Å². The van der Waals surface area contributed by atoms with Crippen LogP contribution in [0.4, 0.5) is 8.78 Å². The predicted octanol–water partition coefficient (Wildman–Crippen LogP) is 2.20. The Morgan fingerprint density at radius 1 is 1.30 bits per heavy atom. The maximum absolute atomic E-state index is 13.0. The smallest absolute Gasteiger partial charge is 0.328 e. The minimum atomic E-state index is -0.948. The van der Waals surface area contributed by atoms with Crippen LogP contribution >= 0.6 is 0 Å². The van der Waals surface area contributed by atoms with Crippen molar-refractivity contribution in [2.45, 2.75) is 19.4 Å². The summed E-state index contributed by atoms with van der Waals surface area (Å²) in [5.74, 6) is -3.16. The van der Waals surface area contributed by atoms with Gasteiger partial charge in [0, 0.05) is 11.6 Å². The van der Waals surface area contributed by atoms with E-state index in [0.717, 1.165) is 12.1 Å². The summed E-state index contributed by atoms with van der Waals surface area (Å²) >= 11 is 0. The molecule has 0 saturated carbocycles. The molecule has 0 aliphatic rings. The monoisotopic (exact) mass is 283 g/mol. The lowest BCUT2D eigenvalue weighted by Gasteiger charge is -2.16. The molecule has 4 nitrogen and oxygen atoms in total. The number of rotatable bonds is 5. The van der Waals surface area contributed by atoms with Gasteiger partial charge < -0.3 is 10.1 Å². The van der Waals surface area contributed by atoms with Crippen molar-refractivity contribution in [3.63, 3.8) is 0 Å². The van der Waals surface area contributed by atoms with E-state index in [1.807, 2.05) is 0 Å². The molecule has 0 aliphatic carbocycles. The van der Waals surface area contributed by atoms with Gasteiger partial charge >= 0.3 is 5.97 Å². The molecular weight excluding hydrogens is 268 g/mol. The van der Waals surface area contributed by atoms with E-state index >= 15 is 0 Å². The first-order valence-electron chi connectivity index (χ1n) is 5.82. The summed E-state index contributed by atoms with van der Waals surface area (Å²) in [6.45, 7) is 5.33. The van der Waals surface area contributed by atoms with Crippen LogP contribution in [0.2, 0.25) is 0 Å². The molecule has 0 radical (unpaired) electrons. The van der Waals surface area contributed by atoms with Gasteiger partial charge in [-0.2, -0.15) is 0 Å². The van der Waals surface area contributed by atoms with Crippen LogP contribution in [-0.2, 0) is 9.53 Å². The van der Waals surface area contributed by atoms with Crippen molar-refractivity contribution >= 4 is 11.9 Å². The molecule has 0 saturated heterocycles. The molecule has 0 unspecified atom stereocenters. The lowest BCUT2D eigenvalue weighted by molar-refractivity contribution is -0.142. The number of nitrogens with one attached hydrogen (secondary N) is 1. The van der Waals surface area contributed by atoms with E-state index in [-0.39, 0.29) is 12.0 Å². The Balaban J connectivity index is 2.89. The quantitative estimate of drug-likeness (QED) is 0.666. The zero-order valence-electron chi connectivity index (χ0n) is 11.2. The van der Waals surface area contributed by atoms with E-state index in [4.69, 9.17) is 0 Å². The molecule has 1 aromatic rings. The Hall–Kier alpha value is -2.24. The Labute approximate surface area is 115 Å². The number of ether oxygens (including phenoxy) is 1. The second kappa shape index (κ2) is 6.79. The van der Waals surface area contributed by atoms with Crippen molar-refractivity contribution in [1.29, 1.82) is 0 Å². The van der Waals surface area contributed by atoms with E-state index in [9.17, 15) is 18.4 Å². The highest BCUT2D eigenvalue weighted by atomic mass is 19.1. The topological polar surface area (TPSA) is 55.4 Å². The van der Waals surface area contributed by atoms with Crippen LogP contribution in [0, 0.1) is 11.6 Å².